The molecule has 1 atom stereocenters. The van der Waals surface area contributed by atoms with Gasteiger partial charge in [-0.05, 0) is 60.4 Å². The zero-order chi connectivity index (χ0) is 25.9. The Labute approximate surface area is 216 Å². The second-order valence-corrected chi connectivity index (χ2v) is 11.1. The van der Waals surface area contributed by atoms with E-state index in [1.807, 2.05) is 24.3 Å². The molecule has 1 aliphatic rings. The van der Waals surface area contributed by atoms with E-state index >= 15 is 0 Å². The second-order valence-electron chi connectivity index (χ2n) is 9.97. The highest BCUT2D eigenvalue weighted by Gasteiger charge is 2.33. The van der Waals surface area contributed by atoms with Gasteiger partial charge in [-0.25, -0.2) is 4.99 Å². The first-order valence-corrected chi connectivity index (χ1v) is 12.9. The highest BCUT2D eigenvalue weighted by Crippen LogP contribution is 2.45. The number of fused-ring (bicyclic) bond motifs is 1. The molecule has 0 unspecified atom stereocenters. The van der Waals surface area contributed by atoms with Crippen LogP contribution in [0.15, 0.2) is 39.9 Å². The van der Waals surface area contributed by atoms with Gasteiger partial charge in [0.15, 0.2) is 11.5 Å². The van der Waals surface area contributed by atoms with Crippen LogP contribution in [0.1, 0.15) is 59.3 Å². The first kappa shape index (κ1) is 25.8. The van der Waals surface area contributed by atoms with E-state index in [1.165, 1.54) is 4.88 Å². The number of thiophene rings is 1. The summed E-state index contributed by atoms with van der Waals surface area (Å²) >= 11 is 1.61. The number of methoxy groups -OCH3 is 3. The molecular weight excluding hydrogens is 476 g/mol. The molecule has 2 aromatic heterocycles. The molecule has 0 spiro atoms. The normalized spacial score (nSPS) is 15.6. The molecule has 192 valence electrons. The molecule has 0 fully saturated rings. The Morgan fingerprint density at radius 2 is 1.92 bits per heavy atom. The maximum atomic E-state index is 13.4. The fraction of sp³-hybridized carbons (Fsp3) is 0.429. The summed E-state index contributed by atoms with van der Waals surface area (Å²) in [5.74, 6) is 2.77. The van der Waals surface area contributed by atoms with Crippen molar-refractivity contribution in [3.63, 3.8) is 0 Å². The first-order valence-electron chi connectivity index (χ1n) is 12.0. The van der Waals surface area contributed by atoms with Crippen LogP contribution in [0.4, 0.5) is 5.00 Å². The summed E-state index contributed by atoms with van der Waals surface area (Å²) in [6, 6.07) is 7.34. The smallest absolute Gasteiger partial charge is 0.255 e. The van der Waals surface area contributed by atoms with Gasteiger partial charge in [0.25, 0.3) is 5.91 Å². The topological polar surface area (TPSA) is 82.3 Å². The van der Waals surface area contributed by atoms with E-state index in [1.54, 1.807) is 45.1 Å². The zero-order valence-corrected chi connectivity index (χ0v) is 22.6. The number of aliphatic imine (C=N–C) groups is 1. The van der Waals surface area contributed by atoms with Gasteiger partial charge in [-0.1, -0.05) is 20.8 Å². The van der Waals surface area contributed by atoms with Crippen molar-refractivity contribution in [2.75, 3.05) is 21.3 Å². The summed E-state index contributed by atoms with van der Waals surface area (Å²) in [5.41, 5.74) is 2.78. The van der Waals surface area contributed by atoms with Crippen molar-refractivity contribution in [1.29, 1.82) is 0 Å². The van der Waals surface area contributed by atoms with Crippen LogP contribution in [0.5, 0.6) is 17.2 Å². The Balaban J connectivity index is 1.69. The van der Waals surface area contributed by atoms with Crippen molar-refractivity contribution in [2.24, 2.45) is 16.3 Å². The molecule has 2 heterocycles. The van der Waals surface area contributed by atoms with E-state index in [-0.39, 0.29) is 11.3 Å². The fourth-order valence-corrected chi connectivity index (χ4v) is 5.88. The third-order valence-electron chi connectivity index (χ3n) is 6.72. The summed E-state index contributed by atoms with van der Waals surface area (Å²) in [4.78, 5) is 19.4. The van der Waals surface area contributed by atoms with Gasteiger partial charge in [-0.3, -0.25) is 4.79 Å². The lowest BCUT2D eigenvalue weighted by atomic mass is 9.72. The van der Waals surface area contributed by atoms with Crippen molar-refractivity contribution in [1.82, 2.24) is 5.32 Å². The van der Waals surface area contributed by atoms with Crippen LogP contribution < -0.4 is 19.5 Å². The minimum absolute atomic E-state index is 0.129. The molecule has 0 saturated carbocycles. The zero-order valence-electron chi connectivity index (χ0n) is 21.8. The standard InChI is InChI=1S/C28H34N2O5S/c1-28(2,3)18-9-10-20-23(14-18)36-27(24(20)26(31)29-16-19-8-7-11-35-19)30-15-17-12-21(32-4)25(34-6)22(13-17)33-5/h7-8,11-13,15,18H,9-10,14,16H2,1-6H3,(H,29,31)/t18-/m1/s1. The monoisotopic (exact) mass is 510 g/mol. The quantitative estimate of drug-likeness (QED) is 0.365. The van der Waals surface area contributed by atoms with E-state index in [0.717, 1.165) is 30.4 Å². The molecule has 1 amide bonds. The minimum Gasteiger partial charge on any atom is -0.493 e. The lowest BCUT2D eigenvalue weighted by Crippen LogP contribution is -2.28. The summed E-state index contributed by atoms with van der Waals surface area (Å²) in [6.45, 7) is 7.20. The van der Waals surface area contributed by atoms with Crippen LogP contribution in [-0.2, 0) is 19.4 Å². The molecular formula is C28H34N2O5S. The van der Waals surface area contributed by atoms with E-state index in [2.05, 4.69) is 26.1 Å². The van der Waals surface area contributed by atoms with Gasteiger partial charge in [0, 0.05) is 16.7 Å². The summed E-state index contributed by atoms with van der Waals surface area (Å²) in [7, 11) is 4.74. The Bertz CT molecular complexity index is 1210. The van der Waals surface area contributed by atoms with Crippen molar-refractivity contribution in [3.05, 3.63) is 57.9 Å². The van der Waals surface area contributed by atoms with Gasteiger partial charge >= 0.3 is 0 Å². The highest BCUT2D eigenvalue weighted by atomic mass is 32.1. The van der Waals surface area contributed by atoms with E-state index in [0.29, 0.717) is 46.0 Å². The number of amides is 1. The van der Waals surface area contributed by atoms with Crippen LogP contribution >= 0.6 is 11.3 Å². The number of benzene rings is 1. The van der Waals surface area contributed by atoms with Gasteiger partial charge in [0.05, 0.1) is 39.7 Å². The lowest BCUT2D eigenvalue weighted by Gasteiger charge is -2.33. The molecule has 0 radical (unpaired) electrons. The maximum Gasteiger partial charge on any atom is 0.255 e. The van der Waals surface area contributed by atoms with E-state index in [9.17, 15) is 4.79 Å². The second kappa shape index (κ2) is 10.8. The molecule has 36 heavy (non-hydrogen) atoms. The van der Waals surface area contributed by atoms with Crippen LogP contribution in [0, 0.1) is 11.3 Å². The average molecular weight is 511 g/mol. The number of nitrogens with one attached hydrogen (secondary N) is 1. The van der Waals surface area contributed by atoms with Crippen LogP contribution in [0.3, 0.4) is 0 Å². The SMILES string of the molecule is COc1cc(C=Nc2sc3c(c2C(=O)NCc2ccco2)CC[C@@H](C(C)(C)C)C3)cc(OC)c1OC. The number of nitrogens with zero attached hydrogens (tertiary/aromatic N) is 1. The molecule has 1 aliphatic carbocycles. The van der Waals surface area contributed by atoms with Crippen molar-refractivity contribution < 1.29 is 23.4 Å². The Morgan fingerprint density at radius 3 is 2.50 bits per heavy atom. The van der Waals surface area contributed by atoms with Gasteiger partial charge in [0.2, 0.25) is 5.75 Å². The van der Waals surface area contributed by atoms with Crippen molar-refractivity contribution in [2.45, 2.75) is 46.6 Å². The van der Waals surface area contributed by atoms with Crippen LogP contribution in [0.2, 0.25) is 0 Å². The van der Waals surface area contributed by atoms with Crippen molar-refractivity contribution in [3.8, 4) is 17.2 Å². The van der Waals surface area contributed by atoms with Crippen LogP contribution in [-0.4, -0.2) is 33.5 Å². The number of hydrogen-bond acceptors (Lipinski definition) is 7. The molecule has 3 aromatic rings. The number of hydrogen-bond donors (Lipinski definition) is 1. The van der Waals surface area contributed by atoms with Gasteiger partial charge in [-0.2, -0.15) is 0 Å². The van der Waals surface area contributed by atoms with Crippen LogP contribution in [0.25, 0.3) is 0 Å². The molecule has 7 nitrogen and oxygen atoms in total. The molecule has 0 aliphatic heterocycles. The average Bonchev–Trinajstić information content (AvgIpc) is 3.51. The van der Waals surface area contributed by atoms with Crippen molar-refractivity contribution >= 4 is 28.5 Å². The third-order valence-corrected chi connectivity index (χ3v) is 7.88. The Morgan fingerprint density at radius 1 is 1.19 bits per heavy atom. The number of rotatable bonds is 8. The maximum absolute atomic E-state index is 13.4. The number of furan rings is 1. The molecule has 1 N–H and O–H groups in total. The lowest BCUT2D eigenvalue weighted by molar-refractivity contribution is 0.0947. The highest BCUT2D eigenvalue weighted by molar-refractivity contribution is 7.16. The predicted molar refractivity (Wildman–Crippen MR) is 143 cm³/mol. The fourth-order valence-electron chi connectivity index (χ4n) is 4.61. The molecule has 0 saturated heterocycles. The van der Waals surface area contributed by atoms with E-state index in [4.69, 9.17) is 23.6 Å². The first-order chi connectivity index (χ1) is 17.2. The largest absolute Gasteiger partial charge is 0.493 e. The molecule has 4 rings (SSSR count). The van der Waals surface area contributed by atoms with Gasteiger partial charge in [-0.15, -0.1) is 11.3 Å². The summed E-state index contributed by atoms with van der Waals surface area (Å²) in [6.07, 6.45) is 6.24. The van der Waals surface area contributed by atoms with Gasteiger partial charge in [0.1, 0.15) is 10.8 Å². The number of carbonyl (C=O) groups is 1. The van der Waals surface area contributed by atoms with Gasteiger partial charge < -0.3 is 23.9 Å². The minimum atomic E-state index is -0.129. The third kappa shape index (κ3) is 5.43. The molecule has 8 heteroatoms. The Hall–Kier alpha value is -3.26. The molecule has 1 aromatic carbocycles. The summed E-state index contributed by atoms with van der Waals surface area (Å²) < 4.78 is 21.8. The summed E-state index contributed by atoms with van der Waals surface area (Å²) in [5, 5.41) is 3.72. The Kier molecular flexibility index (Phi) is 7.73. The number of carbonyl (C=O) groups excluding carboxylic acids is 1. The number of ether oxygens (including phenoxy) is 3. The van der Waals surface area contributed by atoms with E-state index < -0.39 is 0 Å². The molecule has 0 bridgehead atoms. The predicted octanol–water partition coefficient (Wildman–Crippen LogP) is 6.20.